The van der Waals surface area contributed by atoms with Crippen molar-refractivity contribution < 1.29 is 29.1 Å². The second-order valence-corrected chi connectivity index (χ2v) is 3.87. The molecule has 0 amide bonds. The van der Waals surface area contributed by atoms with E-state index in [9.17, 15) is 0 Å². The number of ether oxygens (including phenoxy) is 1. The van der Waals surface area contributed by atoms with E-state index in [0.29, 0.717) is 6.61 Å². The molecular weight excluding hydrogens is 279 g/mol. The van der Waals surface area contributed by atoms with E-state index in [1.54, 1.807) is 0 Å². The lowest BCUT2D eigenvalue weighted by molar-refractivity contribution is 0.275. The molecule has 0 radical (unpaired) electrons. The summed E-state index contributed by atoms with van der Waals surface area (Å²) in [4.78, 5) is 21.6. The van der Waals surface area contributed by atoms with Gasteiger partial charge in [-0.3, -0.25) is 0 Å². The fourth-order valence-electron chi connectivity index (χ4n) is 0.203. The van der Waals surface area contributed by atoms with Gasteiger partial charge in [0.2, 0.25) is 0 Å². The van der Waals surface area contributed by atoms with Crippen LogP contribution in [-0.2, 0) is 9.30 Å². The topological polar surface area (TPSA) is 159 Å². The molecule has 0 aliphatic rings. The van der Waals surface area contributed by atoms with Crippen molar-refractivity contribution in [3.8, 4) is 0 Å². The van der Waals surface area contributed by atoms with Crippen molar-refractivity contribution in [1.82, 2.24) is 0 Å². The zero-order valence-corrected chi connectivity index (χ0v) is 11.0. The molecule has 0 aliphatic carbocycles. The summed E-state index contributed by atoms with van der Waals surface area (Å²) in [5.41, 5.74) is 9.39. The van der Waals surface area contributed by atoms with Crippen LogP contribution >= 0.6 is 32.3 Å². The molecule has 0 saturated heterocycles. The van der Waals surface area contributed by atoms with E-state index in [1.165, 1.54) is 0 Å². The fraction of sp³-hybridized carbons (Fsp3) is 0.600. The molecule has 0 heterocycles. The minimum Gasteiger partial charge on any atom is -0.487 e. The summed E-state index contributed by atoms with van der Waals surface area (Å²) in [6.45, 7) is 2.63. The second kappa shape index (κ2) is 12.6. The Hall–Kier alpha value is -0.510. The molecule has 0 aromatic carbocycles. The van der Waals surface area contributed by atoms with Crippen molar-refractivity contribution in [3.63, 3.8) is 0 Å². The molecule has 0 rings (SSSR count). The average molecular weight is 294 g/mol. The molecule has 0 aromatic rings. The third kappa shape index (κ3) is 173. The van der Waals surface area contributed by atoms with Crippen LogP contribution in [0, 0.1) is 0 Å². The molecule has 0 saturated carbocycles. The SMILES string of the molecule is CCCOC(N)=S.NC(O)=S.O=P(O)(O)O. The molecule has 0 unspecified atom stereocenters. The van der Waals surface area contributed by atoms with Crippen molar-refractivity contribution >= 4 is 42.6 Å². The van der Waals surface area contributed by atoms with E-state index in [1.807, 2.05) is 6.92 Å². The van der Waals surface area contributed by atoms with Gasteiger partial charge < -0.3 is 36.0 Å². The van der Waals surface area contributed by atoms with Crippen LogP contribution in [0.2, 0.25) is 0 Å². The van der Waals surface area contributed by atoms with Gasteiger partial charge in [-0.05, 0) is 30.9 Å². The van der Waals surface area contributed by atoms with Gasteiger partial charge in [0.15, 0.2) is 0 Å². The summed E-state index contributed by atoms with van der Waals surface area (Å²) in [7, 11) is -4.64. The van der Waals surface area contributed by atoms with E-state index in [2.05, 4.69) is 30.2 Å². The highest BCUT2D eigenvalue weighted by atomic mass is 32.1. The van der Waals surface area contributed by atoms with Crippen molar-refractivity contribution in [2.45, 2.75) is 13.3 Å². The third-order valence-corrected chi connectivity index (χ3v) is 0.566. The van der Waals surface area contributed by atoms with Gasteiger partial charge in [-0.2, -0.15) is 0 Å². The summed E-state index contributed by atoms with van der Waals surface area (Å²) < 4.78 is 13.6. The van der Waals surface area contributed by atoms with Crippen LogP contribution in [0.25, 0.3) is 0 Å². The predicted octanol–water partition coefficient (Wildman–Crippen LogP) is -0.484. The van der Waals surface area contributed by atoms with Crippen molar-refractivity contribution in [2.75, 3.05) is 6.61 Å². The smallest absolute Gasteiger partial charge is 0.466 e. The van der Waals surface area contributed by atoms with Crippen molar-refractivity contribution in [3.05, 3.63) is 0 Å². The van der Waals surface area contributed by atoms with Gasteiger partial charge in [-0.1, -0.05) is 6.92 Å². The highest BCUT2D eigenvalue weighted by molar-refractivity contribution is 7.80. The minimum absolute atomic E-state index is 0.141. The van der Waals surface area contributed by atoms with Crippen LogP contribution < -0.4 is 11.5 Å². The van der Waals surface area contributed by atoms with E-state index in [0.717, 1.165) is 6.42 Å². The van der Waals surface area contributed by atoms with Crippen LogP contribution in [0.4, 0.5) is 0 Å². The summed E-state index contributed by atoms with van der Waals surface area (Å²) in [6, 6.07) is 0. The highest BCUT2D eigenvalue weighted by Crippen LogP contribution is 2.25. The lowest BCUT2D eigenvalue weighted by atomic mass is 10.5. The Morgan fingerprint density at radius 3 is 1.62 bits per heavy atom. The normalized spacial score (nSPS) is 8.75. The first-order valence-corrected chi connectivity index (χ1v) is 6.07. The number of aliphatic hydroxyl groups excluding tert-OH is 1. The molecule has 98 valence electrons. The quantitative estimate of drug-likeness (QED) is 0.290. The number of rotatable bonds is 2. The molecule has 0 aromatic heterocycles. The molecule has 0 spiro atoms. The number of phosphoric acid groups is 1. The summed E-state index contributed by atoms with van der Waals surface area (Å²) >= 11 is 8.29. The first kappa shape index (κ1) is 20.8. The van der Waals surface area contributed by atoms with Gasteiger partial charge in [0.05, 0.1) is 6.61 Å². The maximum atomic E-state index is 8.88. The maximum absolute atomic E-state index is 8.88. The molecule has 16 heavy (non-hydrogen) atoms. The lowest BCUT2D eigenvalue weighted by Gasteiger charge is -1.96. The Morgan fingerprint density at radius 1 is 1.31 bits per heavy atom. The van der Waals surface area contributed by atoms with Gasteiger partial charge in [-0.25, -0.2) is 4.57 Å². The Morgan fingerprint density at radius 2 is 1.56 bits per heavy atom. The first-order valence-electron chi connectivity index (χ1n) is 3.69. The summed E-state index contributed by atoms with van der Waals surface area (Å²) in [6.07, 6.45) is 0.956. The van der Waals surface area contributed by atoms with Gasteiger partial charge >= 0.3 is 7.82 Å². The molecule has 0 atom stereocenters. The van der Waals surface area contributed by atoms with E-state index in [-0.39, 0.29) is 5.17 Å². The van der Waals surface area contributed by atoms with Gasteiger partial charge in [0.1, 0.15) is 0 Å². The monoisotopic (exact) mass is 294 g/mol. The molecular formula is C5H15N2O6PS2. The summed E-state index contributed by atoms with van der Waals surface area (Å²) in [5.74, 6) is 0. The average Bonchev–Trinajstić information content (AvgIpc) is 1.96. The fourth-order valence-corrected chi connectivity index (χ4v) is 0.286. The first-order chi connectivity index (χ1) is 7.00. The molecule has 0 aliphatic heterocycles. The van der Waals surface area contributed by atoms with E-state index in [4.69, 9.17) is 34.8 Å². The maximum Gasteiger partial charge on any atom is 0.466 e. The minimum atomic E-state index is -4.64. The number of aliphatic hydroxyl groups is 1. The Bertz CT molecular complexity index is 233. The Balaban J connectivity index is -0.000000166. The van der Waals surface area contributed by atoms with Gasteiger partial charge in [0.25, 0.3) is 10.3 Å². The Kier molecular flexibility index (Phi) is 16.4. The molecule has 0 bridgehead atoms. The predicted molar refractivity (Wildman–Crippen MR) is 66.7 cm³/mol. The largest absolute Gasteiger partial charge is 0.487 e. The lowest BCUT2D eigenvalue weighted by Crippen LogP contribution is -2.12. The van der Waals surface area contributed by atoms with Gasteiger partial charge in [-0.15, -0.1) is 0 Å². The molecule has 0 fully saturated rings. The number of thiocarbonyl (C=S) groups is 2. The highest BCUT2D eigenvalue weighted by Gasteiger charge is 2.00. The van der Waals surface area contributed by atoms with Crippen LogP contribution in [0.15, 0.2) is 0 Å². The van der Waals surface area contributed by atoms with Crippen molar-refractivity contribution in [2.24, 2.45) is 11.5 Å². The van der Waals surface area contributed by atoms with Crippen LogP contribution in [0.5, 0.6) is 0 Å². The standard InChI is InChI=1S/C4H9NOS.CH3NOS.H3O4P/c1-2-3-6-4(5)7;2-1(3)4;1-5(2,3)4/h2-3H2,1H3,(H2,5,7);(H3,2,3,4);(H3,1,2,3,4). The molecule has 8 nitrogen and oxygen atoms in total. The van der Waals surface area contributed by atoms with Gasteiger partial charge in [0, 0.05) is 0 Å². The summed E-state index contributed by atoms with van der Waals surface area (Å²) in [5, 5.41) is 7.21. The number of hydrogen-bond donors (Lipinski definition) is 6. The second-order valence-electron chi connectivity index (χ2n) is 2.02. The van der Waals surface area contributed by atoms with Crippen LogP contribution in [-0.4, -0.2) is 36.7 Å². The van der Waals surface area contributed by atoms with Crippen LogP contribution in [0.3, 0.4) is 0 Å². The van der Waals surface area contributed by atoms with E-state index < -0.39 is 13.0 Å². The number of hydrogen-bond acceptors (Lipinski definition) is 4. The number of nitrogens with two attached hydrogens (primary N) is 2. The van der Waals surface area contributed by atoms with Crippen LogP contribution in [0.1, 0.15) is 13.3 Å². The zero-order valence-electron chi connectivity index (χ0n) is 8.44. The van der Waals surface area contributed by atoms with E-state index >= 15 is 0 Å². The Labute approximate surface area is 103 Å². The third-order valence-electron chi connectivity index (χ3n) is 0.448. The molecule has 8 N–H and O–H groups in total. The van der Waals surface area contributed by atoms with Crippen molar-refractivity contribution in [1.29, 1.82) is 0 Å². The molecule has 11 heteroatoms. The zero-order chi connectivity index (χ0) is 13.8.